The molecule has 1 rings (SSSR count). The Bertz CT molecular complexity index is 376. The zero-order chi connectivity index (χ0) is 12.1. The highest BCUT2D eigenvalue weighted by molar-refractivity contribution is 6.01. The number of ketones is 1. The van der Waals surface area contributed by atoms with Crippen molar-refractivity contribution < 1.29 is 9.18 Å². The predicted molar refractivity (Wildman–Crippen MR) is 63.0 cm³/mol. The molecule has 16 heavy (non-hydrogen) atoms. The van der Waals surface area contributed by atoms with E-state index in [1.165, 1.54) is 18.2 Å². The van der Waals surface area contributed by atoms with Crippen LogP contribution in [0.5, 0.6) is 0 Å². The van der Waals surface area contributed by atoms with E-state index in [-0.39, 0.29) is 11.6 Å². The van der Waals surface area contributed by atoms with Gasteiger partial charge in [-0.2, -0.15) is 0 Å². The van der Waals surface area contributed by atoms with Gasteiger partial charge in [0.25, 0.3) is 0 Å². The van der Waals surface area contributed by atoms with Crippen LogP contribution in [0.1, 0.15) is 42.1 Å². The van der Waals surface area contributed by atoms with Crippen molar-refractivity contribution in [1.29, 1.82) is 0 Å². The molecule has 0 amide bonds. The Kier molecular flexibility index (Phi) is 4.62. The third kappa shape index (κ3) is 3.14. The lowest BCUT2D eigenvalue weighted by Gasteiger charge is -2.11. The van der Waals surface area contributed by atoms with E-state index in [9.17, 15) is 9.18 Å². The summed E-state index contributed by atoms with van der Waals surface area (Å²) in [6.45, 7) is 3.78. The molecular weight excluding hydrogens is 205 g/mol. The quantitative estimate of drug-likeness (QED) is 0.780. The molecule has 0 saturated heterocycles. The van der Waals surface area contributed by atoms with Gasteiger partial charge in [0.1, 0.15) is 5.82 Å². The summed E-state index contributed by atoms with van der Waals surface area (Å²) in [5, 5.41) is 0. The summed E-state index contributed by atoms with van der Waals surface area (Å²) < 4.78 is 12.9. The van der Waals surface area contributed by atoms with Gasteiger partial charge in [-0.25, -0.2) is 4.39 Å². The van der Waals surface area contributed by atoms with Crippen LogP contribution in [0.25, 0.3) is 0 Å². The van der Waals surface area contributed by atoms with Gasteiger partial charge in [0.2, 0.25) is 0 Å². The number of carbonyl (C=O) groups is 1. The molecule has 0 aliphatic heterocycles. The number of benzene rings is 1. The number of Topliss-reactive ketones (excluding diaryl/α,β-unsaturated/α-hetero) is 1. The number of rotatable bonds is 5. The molecule has 1 unspecified atom stereocenters. The number of halogens is 1. The van der Waals surface area contributed by atoms with E-state index in [1.54, 1.807) is 6.92 Å². The summed E-state index contributed by atoms with van der Waals surface area (Å²) in [7, 11) is 0. The van der Waals surface area contributed by atoms with Gasteiger partial charge in [0, 0.05) is 5.56 Å². The zero-order valence-corrected chi connectivity index (χ0v) is 9.79. The fraction of sp³-hybridized carbons (Fsp3) is 0.462. The van der Waals surface area contributed by atoms with Crippen molar-refractivity contribution in [3.05, 3.63) is 35.1 Å². The molecule has 0 saturated carbocycles. The lowest BCUT2D eigenvalue weighted by atomic mass is 9.97. The maximum Gasteiger partial charge on any atom is 0.179 e. The van der Waals surface area contributed by atoms with Gasteiger partial charge in [-0.3, -0.25) is 4.79 Å². The molecule has 0 heterocycles. The predicted octanol–water partition coefficient (Wildman–Crippen LogP) is 2.83. The zero-order valence-electron chi connectivity index (χ0n) is 9.79. The SMILES string of the molecule is CCCCC(N)C(=O)c1ccc(F)cc1C. The summed E-state index contributed by atoms with van der Waals surface area (Å²) in [6, 6.07) is 3.70. The molecule has 1 atom stereocenters. The standard InChI is InChI=1S/C13H18FNO/c1-3-4-5-12(15)13(16)11-7-6-10(14)8-9(11)2/h6-8,12H,3-5,15H2,1-2H3. The molecule has 0 spiro atoms. The minimum atomic E-state index is -0.468. The minimum Gasteiger partial charge on any atom is -0.321 e. The Balaban J connectivity index is 2.79. The summed E-state index contributed by atoms with van der Waals surface area (Å²) in [5.74, 6) is -0.415. The van der Waals surface area contributed by atoms with E-state index < -0.39 is 6.04 Å². The van der Waals surface area contributed by atoms with Crippen molar-refractivity contribution in [3.8, 4) is 0 Å². The Morgan fingerprint density at radius 3 is 2.75 bits per heavy atom. The first kappa shape index (κ1) is 12.8. The first-order valence-corrected chi connectivity index (χ1v) is 5.62. The highest BCUT2D eigenvalue weighted by Crippen LogP contribution is 2.13. The maximum absolute atomic E-state index is 12.9. The van der Waals surface area contributed by atoms with Crippen LogP contribution in [0.2, 0.25) is 0 Å². The fourth-order valence-electron chi connectivity index (χ4n) is 1.66. The van der Waals surface area contributed by atoms with Gasteiger partial charge < -0.3 is 5.73 Å². The van der Waals surface area contributed by atoms with E-state index in [4.69, 9.17) is 5.73 Å². The Morgan fingerprint density at radius 1 is 1.50 bits per heavy atom. The van der Waals surface area contributed by atoms with E-state index in [2.05, 4.69) is 6.92 Å². The van der Waals surface area contributed by atoms with Crippen molar-refractivity contribution in [2.24, 2.45) is 5.73 Å². The summed E-state index contributed by atoms with van der Waals surface area (Å²) in [5.41, 5.74) is 6.98. The Labute approximate surface area is 95.7 Å². The second-order valence-corrected chi connectivity index (χ2v) is 4.07. The third-order valence-electron chi connectivity index (χ3n) is 2.66. The lowest BCUT2D eigenvalue weighted by molar-refractivity contribution is 0.0955. The molecule has 2 nitrogen and oxygen atoms in total. The number of aryl methyl sites for hydroxylation is 1. The van der Waals surface area contributed by atoms with Crippen LogP contribution in [0.4, 0.5) is 4.39 Å². The second kappa shape index (κ2) is 5.75. The molecule has 3 heteroatoms. The van der Waals surface area contributed by atoms with Gasteiger partial charge in [-0.05, 0) is 37.1 Å². The fourth-order valence-corrected chi connectivity index (χ4v) is 1.66. The molecule has 2 N–H and O–H groups in total. The van der Waals surface area contributed by atoms with Crippen LogP contribution in [-0.2, 0) is 0 Å². The Morgan fingerprint density at radius 2 is 2.19 bits per heavy atom. The smallest absolute Gasteiger partial charge is 0.179 e. The average Bonchev–Trinajstić information content (AvgIpc) is 2.25. The van der Waals surface area contributed by atoms with Gasteiger partial charge in [-0.15, -0.1) is 0 Å². The number of nitrogens with two attached hydrogens (primary N) is 1. The molecule has 1 aromatic rings. The van der Waals surface area contributed by atoms with Crippen LogP contribution in [0, 0.1) is 12.7 Å². The van der Waals surface area contributed by atoms with Crippen molar-refractivity contribution in [2.45, 2.75) is 39.2 Å². The van der Waals surface area contributed by atoms with Gasteiger partial charge in [0.05, 0.1) is 6.04 Å². The highest BCUT2D eigenvalue weighted by Gasteiger charge is 2.17. The molecule has 0 aliphatic carbocycles. The number of hydrogen-bond acceptors (Lipinski definition) is 2. The lowest BCUT2D eigenvalue weighted by Crippen LogP contribution is -2.30. The minimum absolute atomic E-state index is 0.0917. The van der Waals surface area contributed by atoms with E-state index >= 15 is 0 Å². The first-order valence-electron chi connectivity index (χ1n) is 5.62. The molecule has 0 fully saturated rings. The molecule has 0 aliphatic rings. The van der Waals surface area contributed by atoms with Crippen molar-refractivity contribution in [3.63, 3.8) is 0 Å². The second-order valence-electron chi connectivity index (χ2n) is 4.07. The van der Waals surface area contributed by atoms with Crippen LogP contribution in [-0.4, -0.2) is 11.8 Å². The maximum atomic E-state index is 12.9. The highest BCUT2D eigenvalue weighted by atomic mass is 19.1. The normalized spacial score (nSPS) is 12.5. The van der Waals surface area contributed by atoms with Crippen LogP contribution < -0.4 is 5.73 Å². The summed E-state index contributed by atoms with van der Waals surface area (Å²) in [4.78, 5) is 11.9. The molecule has 0 aromatic heterocycles. The first-order chi connectivity index (χ1) is 7.56. The van der Waals surface area contributed by atoms with Crippen molar-refractivity contribution in [2.75, 3.05) is 0 Å². The molecular formula is C13H18FNO. The molecule has 0 radical (unpaired) electrons. The molecule has 1 aromatic carbocycles. The monoisotopic (exact) mass is 223 g/mol. The third-order valence-corrected chi connectivity index (χ3v) is 2.66. The van der Waals surface area contributed by atoms with Crippen molar-refractivity contribution in [1.82, 2.24) is 0 Å². The summed E-state index contributed by atoms with van der Waals surface area (Å²) >= 11 is 0. The number of hydrogen-bond donors (Lipinski definition) is 1. The molecule has 0 bridgehead atoms. The van der Waals surface area contributed by atoms with Gasteiger partial charge in [0.15, 0.2) is 5.78 Å². The van der Waals surface area contributed by atoms with Gasteiger partial charge >= 0.3 is 0 Å². The molecule has 88 valence electrons. The number of carbonyl (C=O) groups excluding carboxylic acids is 1. The van der Waals surface area contributed by atoms with E-state index in [0.29, 0.717) is 17.5 Å². The van der Waals surface area contributed by atoms with Gasteiger partial charge in [-0.1, -0.05) is 19.8 Å². The topological polar surface area (TPSA) is 43.1 Å². The van der Waals surface area contributed by atoms with Crippen molar-refractivity contribution >= 4 is 5.78 Å². The van der Waals surface area contributed by atoms with E-state index in [0.717, 1.165) is 12.8 Å². The van der Waals surface area contributed by atoms with Crippen LogP contribution in [0.15, 0.2) is 18.2 Å². The Hall–Kier alpha value is -1.22. The van der Waals surface area contributed by atoms with Crippen LogP contribution in [0.3, 0.4) is 0 Å². The largest absolute Gasteiger partial charge is 0.321 e. The number of unbranched alkanes of at least 4 members (excludes halogenated alkanes) is 1. The van der Waals surface area contributed by atoms with E-state index in [1.807, 2.05) is 0 Å². The average molecular weight is 223 g/mol. The summed E-state index contributed by atoms with van der Waals surface area (Å²) in [6.07, 6.45) is 2.64. The van der Waals surface area contributed by atoms with Crippen LogP contribution >= 0.6 is 0 Å².